The molecule has 0 amide bonds. The first-order chi connectivity index (χ1) is 11.7. The quantitative estimate of drug-likeness (QED) is 0.747. The molecule has 4 rings (SSSR count). The number of hydrogen-bond donors (Lipinski definition) is 2. The SMILES string of the molecule is CCc1nccn1CCNc1cc(C2CC(N)C2)nc(C2CC2)n1.Cl.Cl. The van der Waals surface area contributed by atoms with Crippen LogP contribution in [0.4, 0.5) is 5.82 Å². The number of aryl methyl sites for hydroxylation is 1. The molecule has 0 aliphatic heterocycles. The summed E-state index contributed by atoms with van der Waals surface area (Å²) in [6, 6.07) is 2.47. The summed E-state index contributed by atoms with van der Waals surface area (Å²) in [7, 11) is 0. The largest absolute Gasteiger partial charge is 0.368 e. The smallest absolute Gasteiger partial charge is 0.134 e. The molecule has 3 N–H and O–H groups in total. The monoisotopic (exact) mass is 398 g/mol. The van der Waals surface area contributed by atoms with E-state index >= 15 is 0 Å². The summed E-state index contributed by atoms with van der Waals surface area (Å²) in [6.45, 7) is 3.87. The summed E-state index contributed by atoms with van der Waals surface area (Å²) in [6.07, 6.45) is 9.41. The fraction of sp³-hybridized carbons (Fsp3) is 0.611. The van der Waals surface area contributed by atoms with Gasteiger partial charge in [-0.2, -0.15) is 0 Å². The van der Waals surface area contributed by atoms with Crippen LogP contribution in [0.3, 0.4) is 0 Å². The average molecular weight is 399 g/mol. The van der Waals surface area contributed by atoms with Crippen LogP contribution >= 0.6 is 24.8 Å². The van der Waals surface area contributed by atoms with Gasteiger partial charge < -0.3 is 15.6 Å². The maximum absolute atomic E-state index is 5.95. The van der Waals surface area contributed by atoms with Gasteiger partial charge in [-0.05, 0) is 25.7 Å². The summed E-state index contributed by atoms with van der Waals surface area (Å²) >= 11 is 0. The summed E-state index contributed by atoms with van der Waals surface area (Å²) in [5.74, 6) is 4.19. The fourth-order valence-corrected chi connectivity index (χ4v) is 3.37. The van der Waals surface area contributed by atoms with Crippen molar-refractivity contribution >= 4 is 30.6 Å². The summed E-state index contributed by atoms with van der Waals surface area (Å²) in [5.41, 5.74) is 7.12. The highest BCUT2D eigenvalue weighted by Crippen LogP contribution is 2.41. The van der Waals surface area contributed by atoms with Crippen LogP contribution in [0.2, 0.25) is 0 Å². The van der Waals surface area contributed by atoms with Crippen molar-refractivity contribution in [3.8, 4) is 0 Å². The Hall–Kier alpha value is -1.37. The van der Waals surface area contributed by atoms with Crippen molar-refractivity contribution in [1.82, 2.24) is 19.5 Å². The lowest BCUT2D eigenvalue weighted by molar-refractivity contribution is 0.344. The molecule has 6 nitrogen and oxygen atoms in total. The third-order valence-corrected chi connectivity index (χ3v) is 5.08. The molecule has 2 aromatic heterocycles. The molecule has 0 unspecified atom stereocenters. The van der Waals surface area contributed by atoms with Crippen molar-refractivity contribution in [1.29, 1.82) is 0 Å². The first-order valence-corrected chi connectivity index (χ1v) is 9.11. The minimum absolute atomic E-state index is 0. The molecule has 8 heteroatoms. The lowest BCUT2D eigenvalue weighted by Crippen LogP contribution is -2.35. The van der Waals surface area contributed by atoms with Gasteiger partial charge in [0.1, 0.15) is 17.5 Å². The molecule has 2 heterocycles. The number of hydrogen-bond acceptors (Lipinski definition) is 5. The second-order valence-corrected chi connectivity index (χ2v) is 7.06. The predicted octanol–water partition coefficient (Wildman–Crippen LogP) is 3.27. The number of imidazole rings is 1. The van der Waals surface area contributed by atoms with Gasteiger partial charge in [0.05, 0.1) is 0 Å². The fourth-order valence-electron chi connectivity index (χ4n) is 3.37. The Bertz CT molecular complexity index is 709. The molecule has 144 valence electrons. The van der Waals surface area contributed by atoms with E-state index in [0.29, 0.717) is 17.9 Å². The number of nitrogens with one attached hydrogen (secondary N) is 1. The Kier molecular flexibility index (Phi) is 7.26. The minimum atomic E-state index is 0. The van der Waals surface area contributed by atoms with Gasteiger partial charge in [-0.25, -0.2) is 15.0 Å². The first-order valence-electron chi connectivity index (χ1n) is 9.11. The Morgan fingerprint density at radius 1 is 1.19 bits per heavy atom. The molecule has 0 atom stereocenters. The van der Waals surface area contributed by atoms with Gasteiger partial charge in [-0.15, -0.1) is 24.8 Å². The second-order valence-electron chi connectivity index (χ2n) is 7.06. The molecule has 0 aromatic carbocycles. The Morgan fingerprint density at radius 3 is 2.62 bits per heavy atom. The number of nitrogens with two attached hydrogens (primary N) is 1. The highest BCUT2D eigenvalue weighted by atomic mass is 35.5. The van der Waals surface area contributed by atoms with E-state index in [2.05, 4.69) is 27.9 Å². The zero-order valence-corrected chi connectivity index (χ0v) is 16.7. The molecule has 0 saturated heterocycles. The Labute approximate surface area is 167 Å². The lowest BCUT2D eigenvalue weighted by atomic mass is 9.78. The van der Waals surface area contributed by atoms with E-state index in [0.717, 1.165) is 49.8 Å². The molecule has 2 aliphatic carbocycles. The molecule has 2 aliphatic rings. The standard InChI is InChI=1S/C18H26N6.2ClH/c1-2-17-21-6-8-24(17)7-5-20-16-11-15(13-9-14(19)10-13)22-18(23-16)12-3-4-12;;/h6,8,11-14H,2-5,7,9-10,19H2,1H3,(H,20,22,23);2*1H. The normalized spacial score (nSPS) is 21.3. The van der Waals surface area contributed by atoms with E-state index in [1.165, 1.54) is 18.5 Å². The van der Waals surface area contributed by atoms with E-state index in [1.54, 1.807) is 0 Å². The van der Waals surface area contributed by atoms with Gasteiger partial charge in [0, 0.05) is 61.5 Å². The molecule has 2 saturated carbocycles. The van der Waals surface area contributed by atoms with E-state index in [4.69, 9.17) is 15.7 Å². The summed E-state index contributed by atoms with van der Waals surface area (Å²) in [5, 5.41) is 3.48. The number of aromatic nitrogens is 4. The zero-order valence-electron chi connectivity index (χ0n) is 15.1. The number of nitrogens with zero attached hydrogens (tertiary/aromatic N) is 4. The summed E-state index contributed by atoms with van der Waals surface area (Å²) < 4.78 is 2.20. The van der Waals surface area contributed by atoms with Gasteiger partial charge in [-0.3, -0.25) is 0 Å². The molecular weight excluding hydrogens is 371 g/mol. The van der Waals surface area contributed by atoms with Crippen molar-refractivity contribution in [3.05, 3.63) is 35.8 Å². The van der Waals surface area contributed by atoms with E-state index in [9.17, 15) is 0 Å². The Balaban J connectivity index is 0.00000121. The van der Waals surface area contributed by atoms with Crippen molar-refractivity contribution in [3.63, 3.8) is 0 Å². The van der Waals surface area contributed by atoms with Crippen molar-refractivity contribution in [2.24, 2.45) is 5.73 Å². The highest BCUT2D eigenvalue weighted by Gasteiger charge is 2.32. The maximum Gasteiger partial charge on any atom is 0.134 e. The maximum atomic E-state index is 5.95. The van der Waals surface area contributed by atoms with Crippen molar-refractivity contribution in [2.75, 3.05) is 11.9 Å². The van der Waals surface area contributed by atoms with Crippen molar-refractivity contribution in [2.45, 2.75) is 63.5 Å². The molecule has 0 radical (unpaired) electrons. The molecule has 0 spiro atoms. The van der Waals surface area contributed by atoms with Crippen LogP contribution in [0, 0.1) is 0 Å². The first kappa shape index (κ1) is 20.9. The Morgan fingerprint density at radius 2 is 1.96 bits per heavy atom. The number of halogens is 2. The van der Waals surface area contributed by atoms with Gasteiger partial charge in [0.25, 0.3) is 0 Å². The number of rotatable bonds is 7. The lowest BCUT2D eigenvalue weighted by Gasteiger charge is -2.32. The second kappa shape index (κ2) is 9.02. The van der Waals surface area contributed by atoms with Crippen LogP contribution in [-0.2, 0) is 13.0 Å². The zero-order chi connectivity index (χ0) is 16.5. The van der Waals surface area contributed by atoms with Gasteiger partial charge in [0.15, 0.2) is 0 Å². The third-order valence-electron chi connectivity index (χ3n) is 5.08. The average Bonchev–Trinajstić information content (AvgIpc) is 3.31. The van der Waals surface area contributed by atoms with Gasteiger partial charge in [-0.1, -0.05) is 6.92 Å². The van der Waals surface area contributed by atoms with Crippen LogP contribution in [0.5, 0.6) is 0 Å². The highest BCUT2D eigenvalue weighted by molar-refractivity contribution is 5.85. The predicted molar refractivity (Wildman–Crippen MR) is 109 cm³/mol. The summed E-state index contributed by atoms with van der Waals surface area (Å²) in [4.78, 5) is 13.9. The van der Waals surface area contributed by atoms with Crippen LogP contribution in [0.15, 0.2) is 18.5 Å². The van der Waals surface area contributed by atoms with Crippen LogP contribution in [0.1, 0.15) is 61.8 Å². The third kappa shape index (κ3) is 4.67. The van der Waals surface area contributed by atoms with E-state index in [1.807, 2.05) is 12.4 Å². The molecule has 0 bridgehead atoms. The van der Waals surface area contributed by atoms with Gasteiger partial charge >= 0.3 is 0 Å². The van der Waals surface area contributed by atoms with E-state index < -0.39 is 0 Å². The van der Waals surface area contributed by atoms with Crippen molar-refractivity contribution < 1.29 is 0 Å². The molecule has 26 heavy (non-hydrogen) atoms. The van der Waals surface area contributed by atoms with E-state index in [-0.39, 0.29) is 24.8 Å². The van der Waals surface area contributed by atoms with Crippen LogP contribution in [0.25, 0.3) is 0 Å². The molecular formula is C18H28Cl2N6. The topological polar surface area (TPSA) is 81.7 Å². The minimum Gasteiger partial charge on any atom is -0.368 e. The van der Waals surface area contributed by atoms with Gasteiger partial charge in [0.2, 0.25) is 0 Å². The van der Waals surface area contributed by atoms with Crippen LogP contribution in [-0.4, -0.2) is 32.1 Å². The molecule has 2 aromatic rings. The van der Waals surface area contributed by atoms with Crippen LogP contribution < -0.4 is 11.1 Å². The number of anilines is 1. The molecule has 2 fully saturated rings.